The Bertz CT molecular complexity index is 370. The SMILES string of the molecule is CNC(=O)[C@@H]1CC[C@@H]2CCCC[C@H](NC(C)C)C(=O)N21. The number of hydrogen-bond acceptors (Lipinski definition) is 3. The van der Waals surface area contributed by atoms with E-state index in [1.807, 2.05) is 4.90 Å². The largest absolute Gasteiger partial charge is 0.357 e. The van der Waals surface area contributed by atoms with Crippen LogP contribution in [-0.4, -0.2) is 47.9 Å². The molecule has 0 radical (unpaired) electrons. The Labute approximate surface area is 121 Å². The smallest absolute Gasteiger partial charge is 0.242 e. The van der Waals surface area contributed by atoms with E-state index in [2.05, 4.69) is 24.5 Å². The minimum Gasteiger partial charge on any atom is -0.357 e. The molecule has 0 bridgehead atoms. The van der Waals surface area contributed by atoms with Crippen LogP contribution < -0.4 is 10.6 Å². The summed E-state index contributed by atoms with van der Waals surface area (Å²) in [7, 11) is 1.65. The second-order valence-corrected chi connectivity index (χ2v) is 6.27. The van der Waals surface area contributed by atoms with Crippen molar-refractivity contribution in [2.75, 3.05) is 7.05 Å². The van der Waals surface area contributed by atoms with Crippen molar-refractivity contribution in [1.82, 2.24) is 15.5 Å². The van der Waals surface area contributed by atoms with E-state index in [-0.39, 0.29) is 36.0 Å². The van der Waals surface area contributed by atoms with Crippen LogP contribution in [0, 0.1) is 0 Å². The molecule has 2 aliphatic rings. The third kappa shape index (κ3) is 3.14. The Hall–Kier alpha value is -1.10. The number of amides is 2. The summed E-state index contributed by atoms with van der Waals surface area (Å²) in [4.78, 5) is 26.7. The maximum Gasteiger partial charge on any atom is 0.242 e. The van der Waals surface area contributed by atoms with Crippen LogP contribution in [0.4, 0.5) is 0 Å². The Kier molecular flexibility index (Phi) is 5.02. The first-order valence-electron chi connectivity index (χ1n) is 7.84. The number of carbonyl (C=O) groups is 2. The van der Waals surface area contributed by atoms with Gasteiger partial charge >= 0.3 is 0 Å². The van der Waals surface area contributed by atoms with Gasteiger partial charge in [0.2, 0.25) is 11.8 Å². The normalized spacial score (nSPS) is 30.9. The molecule has 20 heavy (non-hydrogen) atoms. The summed E-state index contributed by atoms with van der Waals surface area (Å²) < 4.78 is 0. The van der Waals surface area contributed by atoms with E-state index in [4.69, 9.17) is 0 Å². The zero-order chi connectivity index (χ0) is 14.7. The van der Waals surface area contributed by atoms with Crippen molar-refractivity contribution in [3.8, 4) is 0 Å². The first kappa shape index (κ1) is 15.3. The molecule has 2 rings (SSSR count). The van der Waals surface area contributed by atoms with E-state index >= 15 is 0 Å². The predicted octanol–water partition coefficient (Wildman–Crippen LogP) is 1.03. The molecule has 0 saturated carbocycles. The lowest BCUT2D eigenvalue weighted by Gasteiger charge is -2.35. The lowest BCUT2D eigenvalue weighted by Crippen LogP contribution is -2.56. The van der Waals surface area contributed by atoms with Gasteiger partial charge in [-0.1, -0.05) is 26.7 Å². The fourth-order valence-corrected chi connectivity index (χ4v) is 3.51. The topological polar surface area (TPSA) is 61.4 Å². The Morgan fingerprint density at radius 1 is 1.20 bits per heavy atom. The monoisotopic (exact) mass is 281 g/mol. The minimum atomic E-state index is -0.271. The minimum absolute atomic E-state index is 0.0234. The summed E-state index contributed by atoms with van der Waals surface area (Å²) in [5.74, 6) is 0.0965. The van der Waals surface area contributed by atoms with Gasteiger partial charge in [-0.15, -0.1) is 0 Å². The van der Waals surface area contributed by atoms with Gasteiger partial charge in [0.05, 0.1) is 6.04 Å². The van der Waals surface area contributed by atoms with Gasteiger partial charge in [-0.25, -0.2) is 0 Å². The molecule has 2 amide bonds. The second kappa shape index (κ2) is 6.57. The summed E-state index contributed by atoms with van der Waals surface area (Å²) >= 11 is 0. The third-order valence-corrected chi connectivity index (χ3v) is 4.42. The van der Waals surface area contributed by atoms with Crippen LogP contribution in [0.3, 0.4) is 0 Å². The van der Waals surface area contributed by atoms with E-state index in [1.165, 1.54) is 0 Å². The highest BCUT2D eigenvalue weighted by Crippen LogP contribution is 2.31. The predicted molar refractivity (Wildman–Crippen MR) is 78.3 cm³/mol. The van der Waals surface area contributed by atoms with E-state index in [1.54, 1.807) is 7.05 Å². The Morgan fingerprint density at radius 2 is 1.90 bits per heavy atom. The van der Waals surface area contributed by atoms with Crippen molar-refractivity contribution in [1.29, 1.82) is 0 Å². The molecule has 2 fully saturated rings. The molecule has 2 heterocycles. The quantitative estimate of drug-likeness (QED) is 0.812. The lowest BCUT2D eigenvalue weighted by molar-refractivity contribution is -0.142. The summed E-state index contributed by atoms with van der Waals surface area (Å²) in [5, 5.41) is 6.07. The van der Waals surface area contributed by atoms with Gasteiger partial charge in [0.25, 0.3) is 0 Å². The zero-order valence-electron chi connectivity index (χ0n) is 12.8. The molecule has 0 unspecified atom stereocenters. The van der Waals surface area contributed by atoms with Crippen molar-refractivity contribution in [3.05, 3.63) is 0 Å². The Balaban J connectivity index is 2.18. The van der Waals surface area contributed by atoms with E-state index in [9.17, 15) is 9.59 Å². The van der Waals surface area contributed by atoms with Gasteiger partial charge in [-0.2, -0.15) is 0 Å². The van der Waals surface area contributed by atoms with Crippen LogP contribution in [0.2, 0.25) is 0 Å². The van der Waals surface area contributed by atoms with Crippen LogP contribution in [-0.2, 0) is 9.59 Å². The van der Waals surface area contributed by atoms with Gasteiger partial charge in [0, 0.05) is 19.1 Å². The van der Waals surface area contributed by atoms with E-state index in [0.29, 0.717) is 0 Å². The van der Waals surface area contributed by atoms with Crippen molar-refractivity contribution < 1.29 is 9.59 Å². The molecule has 0 aromatic heterocycles. The fraction of sp³-hybridized carbons (Fsp3) is 0.867. The molecular weight excluding hydrogens is 254 g/mol. The highest BCUT2D eigenvalue weighted by molar-refractivity contribution is 5.90. The van der Waals surface area contributed by atoms with Crippen LogP contribution in [0.15, 0.2) is 0 Å². The number of fused-ring (bicyclic) bond motifs is 1. The first-order chi connectivity index (χ1) is 9.54. The second-order valence-electron chi connectivity index (χ2n) is 6.27. The Morgan fingerprint density at radius 3 is 2.55 bits per heavy atom. The zero-order valence-corrected chi connectivity index (χ0v) is 12.8. The van der Waals surface area contributed by atoms with Gasteiger partial charge < -0.3 is 15.5 Å². The number of nitrogens with zero attached hydrogens (tertiary/aromatic N) is 1. The molecule has 0 aromatic carbocycles. The van der Waals surface area contributed by atoms with Crippen LogP contribution >= 0.6 is 0 Å². The number of nitrogens with one attached hydrogen (secondary N) is 2. The van der Waals surface area contributed by atoms with Crippen LogP contribution in [0.1, 0.15) is 52.4 Å². The standard InChI is InChI=1S/C15H27N3O2/c1-10(2)17-12-7-5-4-6-11-8-9-13(14(19)16-3)18(11)15(12)20/h10-13,17H,4-9H2,1-3H3,(H,16,19)/t11-,12-,13-/m0/s1. The molecule has 5 nitrogen and oxygen atoms in total. The fourth-order valence-electron chi connectivity index (χ4n) is 3.51. The van der Waals surface area contributed by atoms with Crippen LogP contribution in [0.5, 0.6) is 0 Å². The number of likely N-dealkylation sites (N-methyl/N-ethyl adjacent to an activating group) is 1. The maximum atomic E-state index is 12.8. The number of carbonyl (C=O) groups excluding carboxylic acids is 2. The molecule has 0 aromatic rings. The van der Waals surface area contributed by atoms with Gasteiger partial charge in [-0.3, -0.25) is 9.59 Å². The molecule has 2 aliphatic heterocycles. The lowest BCUT2D eigenvalue weighted by atomic mass is 9.98. The molecule has 5 heteroatoms. The van der Waals surface area contributed by atoms with Crippen molar-refractivity contribution >= 4 is 11.8 Å². The highest BCUT2D eigenvalue weighted by Gasteiger charge is 2.43. The average Bonchev–Trinajstić information content (AvgIpc) is 2.81. The van der Waals surface area contributed by atoms with Gasteiger partial charge in [0.15, 0.2) is 0 Å². The summed E-state index contributed by atoms with van der Waals surface area (Å²) in [5.41, 5.74) is 0. The summed E-state index contributed by atoms with van der Waals surface area (Å²) in [6.07, 6.45) is 5.90. The van der Waals surface area contributed by atoms with Crippen molar-refractivity contribution in [2.24, 2.45) is 0 Å². The number of rotatable bonds is 3. The molecule has 3 atom stereocenters. The first-order valence-corrected chi connectivity index (χ1v) is 7.84. The maximum absolute atomic E-state index is 12.8. The number of hydrogen-bond donors (Lipinski definition) is 2. The van der Waals surface area contributed by atoms with Gasteiger partial charge in [0.1, 0.15) is 6.04 Å². The van der Waals surface area contributed by atoms with E-state index < -0.39 is 0 Å². The molecule has 114 valence electrons. The molecule has 0 spiro atoms. The molecule has 2 N–H and O–H groups in total. The van der Waals surface area contributed by atoms with Crippen LogP contribution in [0.25, 0.3) is 0 Å². The molecular formula is C15H27N3O2. The van der Waals surface area contributed by atoms with Crippen molar-refractivity contribution in [3.63, 3.8) is 0 Å². The molecule has 0 aliphatic carbocycles. The van der Waals surface area contributed by atoms with Gasteiger partial charge in [-0.05, 0) is 25.7 Å². The van der Waals surface area contributed by atoms with Crippen molar-refractivity contribution in [2.45, 2.75) is 76.5 Å². The third-order valence-electron chi connectivity index (χ3n) is 4.42. The summed E-state index contributed by atoms with van der Waals surface area (Å²) in [6, 6.07) is 0.125. The average molecular weight is 281 g/mol. The molecule has 2 saturated heterocycles. The van der Waals surface area contributed by atoms with E-state index in [0.717, 1.165) is 38.5 Å². The highest BCUT2D eigenvalue weighted by atomic mass is 16.2. The summed E-state index contributed by atoms with van der Waals surface area (Å²) in [6.45, 7) is 4.12.